The molecular formula is C5H6N2. The van der Waals surface area contributed by atoms with Gasteiger partial charge in [-0.15, -0.1) is 0 Å². The fourth-order valence-corrected chi connectivity index (χ4v) is 0.826. The maximum Gasteiger partial charge on any atom is 0.0672 e. The molecule has 2 nitrogen and oxygen atoms in total. The molecule has 2 heteroatoms. The third-order valence-corrected chi connectivity index (χ3v) is 1.45. The quantitative estimate of drug-likeness (QED) is 0.433. The van der Waals surface area contributed by atoms with Crippen molar-refractivity contribution in [2.45, 2.75) is 6.42 Å². The molecule has 0 N–H and O–H groups in total. The molecule has 1 heterocycles. The number of nitrogens with zero attached hydrogens (tertiary/aromatic N) is 2. The molecular weight excluding hydrogens is 88.1 g/mol. The lowest BCUT2D eigenvalue weighted by atomic mass is 10.4. The van der Waals surface area contributed by atoms with Crippen LogP contribution in [0, 0.1) is 5.92 Å². The van der Waals surface area contributed by atoms with Crippen molar-refractivity contribution in [2.75, 3.05) is 6.54 Å². The van der Waals surface area contributed by atoms with E-state index < -0.39 is 0 Å². The van der Waals surface area contributed by atoms with E-state index in [0.717, 1.165) is 12.5 Å². The summed E-state index contributed by atoms with van der Waals surface area (Å²) in [5, 5.41) is 7.61. The zero-order valence-electron chi connectivity index (χ0n) is 3.96. The fourth-order valence-electron chi connectivity index (χ4n) is 0.826. The molecule has 2 aliphatic rings. The molecule has 2 rings (SSSR count). The molecule has 0 saturated heterocycles. The minimum absolute atomic E-state index is 0.803. The summed E-state index contributed by atoms with van der Waals surface area (Å²) in [6.07, 6.45) is 3.14. The molecule has 1 atom stereocenters. The second-order valence-corrected chi connectivity index (χ2v) is 2.04. The second-order valence-electron chi connectivity index (χ2n) is 2.04. The third kappa shape index (κ3) is 0.391. The predicted molar refractivity (Wildman–Crippen MR) is 25.9 cm³/mol. The number of hydrogen-bond acceptors (Lipinski definition) is 2. The molecule has 0 radical (unpaired) electrons. The summed E-state index contributed by atoms with van der Waals surface area (Å²) in [5.74, 6) is 0.803. The molecule has 0 bridgehead atoms. The second kappa shape index (κ2) is 0.941. The number of azo groups is 1. The Morgan fingerprint density at radius 2 is 2.71 bits per heavy atom. The van der Waals surface area contributed by atoms with Crippen molar-refractivity contribution in [1.29, 1.82) is 0 Å². The lowest BCUT2D eigenvalue weighted by molar-refractivity contribution is 0.809. The topological polar surface area (TPSA) is 24.7 Å². The third-order valence-electron chi connectivity index (χ3n) is 1.45. The minimum Gasteiger partial charge on any atom is -0.189 e. The molecule has 1 unspecified atom stereocenters. The number of hydrogen-bond donors (Lipinski definition) is 0. The van der Waals surface area contributed by atoms with E-state index in [9.17, 15) is 0 Å². The van der Waals surface area contributed by atoms with E-state index in [-0.39, 0.29) is 0 Å². The summed E-state index contributed by atoms with van der Waals surface area (Å²) < 4.78 is 0. The van der Waals surface area contributed by atoms with Crippen molar-refractivity contribution in [3.8, 4) is 0 Å². The maximum absolute atomic E-state index is 3.85. The first-order valence-electron chi connectivity index (χ1n) is 2.52. The summed E-state index contributed by atoms with van der Waals surface area (Å²) in [6, 6.07) is 0. The van der Waals surface area contributed by atoms with Gasteiger partial charge in [-0.25, -0.2) is 0 Å². The summed E-state index contributed by atoms with van der Waals surface area (Å²) >= 11 is 0. The average Bonchev–Trinajstić information content (AvgIpc) is 2.41. The maximum atomic E-state index is 3.85. The van der Waals surface area contributed by atoms with E-state index in [1.165, 1.54) is 12.0 Å². The molecule has 1 aliphatic carbocycles. The highest BCUT2D eigenvalue weighted by molar-refractivity contribution is 5.24. The van der Waals surface area contributed by atoms with Crippen LogP contribution < -0.4 is 0 Å². The lowest BCUT2D eigenvalue weighted by Crippen LogP contribution is -1.82. The van der Waals surface area contributed by atoms with Crippen LogP contribution in [0.3, 0.4) is 0 Å². The standard InChI is InChI=1S/C5H6N2/c1-4-2-6-7-3-5(1)4/h2,5H,1,3H2. The van der Waals surface area contributed by atoms with Gasteiger partial charge in [-0.2, -0.15) is 10.2 Å². The summed E-state index contributed by atoms with van der Waals surface area (Å²) in [4.78, 5) is 0. The summed E-state index contributed by atoms with van der Waals surface area (Å²) in [6.45, 7) is 0.950. The Bertz CT molecular complexity index is 146. The van der Waals surface area contributed by atoms with E-state index in [1.807, 2.05) is 6.20 Å². The van der Waals surface area contributed by atoms with Gasteiger partial charge in [0.1, 0.15) is 0 Å². The van der Waals surface area contributed by atoms with Gasteiger partial charge in [0.15, 0.2) is 0 Å². The molecule has 0 amide bonds. The first-order valence-corrected chi connectivity index (χ1v) is 2.52. The van der Waals surface area contributed by atoms with Gasteiger partial charge in [-0.3, -0.25) is 0 Å². The smallest absolute Gasteiger partial charge is 0.0672 e. The van der Waals surface area contributed by atoms with E-state index in [0.29, 0.717) is 0 Å². The molecule has 1 saturated carbocycles. The number of rotatable bonds is 0. The molecule has 7 heavy (non-hydrogen) atoms. The van der Waals surface area contributed by atoms with Gasteiger partial charge in [-0.1, -0.05) is 0 Å². The Labute approximate surface area is 41.9 Å². The Kier molecular flexibility index (Phi) is 0.451. The highest BCUT2D eigenvalue weighted by Crippen LogP contribution is 2.39. The highest BCUT2D eigenvalue weighted by atomic mass is 15.1. The van der Waals surface area contributed by atoms with Crippen LogP contribution in [0.15, 0.2) is 22.0 Å². The molecule has 0 spiro atoms. The summed E-state index contributed by atoms with van der Waals surface area (Å²) in [5.41, 5.74) is 1.50. The molecule has 1 aliphatic heterocycles. The summed E-state index contributed by atoms with van der Waals surface area (Å²) in [7, 11) is 0. The van der Waals surface area contributed by atoms with Crippen LogP contribution >= 0.6 is 0 Å². The Balaban J connectivity index is 2.31. The zero-order valence-corrected chi connectivity index (χ0v) is 3.96. The van der Waals surface area contributed by atoms with E-state index in [4.69, 9.17) is 0 Å². The van der Waals surface area contributed by atoms with Crippen LogP contribution in [0.2, 0.25) is 0 Å². The average molecular weight is 94.1 g/mol. The van der Waals surface area contributed by atoms with Crippen LogP contribution in [0.25, 0.3) is 0 Å². The van der Waals surface area contributed by atoms with Gasteiger partial charge < -0.3 is 0 Å². The van der Waals surface area contributed by atoms with Gasteiger partial charge >= 0.3 is 0 Å². The first kappa shape index (κ1) is 3.36. The predicted octanol–water partition coefficient (Wildman–Crippen LogP) is 1.36. The Hall–Kier alpha value is -0.660. The number of fused-ring (bicyclic) bond motifs is 1. The zero-order chi connectivity index (χ0) is 4.69. The van der Waals surface area contributed by atoms with Gasteiger partial charge in [0, 0.05) is 12.1 Å². The van der Waals surface area contributed by atoms with Crippen molar-refractivity contribution in [1.82, 2.24) is 0 Å². The molecule has 0 aromatic heterocycles. The van der Waals surface area contributed by atoms with Crippen LogP contribution in [0.4, 0.5) is 0 Å². The van der Waals surface area contributed by atoms with E-state index in [1.54, 1.807) is 0 Å². The molecule has 0 aromatic carbocycles. The monoisotopic (exact) mass is 94.1 g/mol. The molecule has 36 valence electrons. The van der Waals surface area contributed by atoms with Gasteiger partial charge in [-0.05, 0) is 12.0 Å². The lowest BCUT2D eigenvalue weighted by Gasteiger charge is -1.86. The van der Waals surface area contributed by atoms with Crippen LogP contribution in [-0.4, -0.2) is 6.54 Å². The van der Waals surface area contributed by atoms with Gasteiger partial charge in [0.25, 0.3) is 0 Å². The van der Waals surface area contributed by atoms with Crippen molar-refractivity contribution >= 4 is 0 Å². The molecule has 0 aromatic rings. The molecule has 1 fully saturated rings. The van der Waals surface area contributed by atoms with Crippen LogP contribution in [0.5, 0.6) is 0 Å². The van der Waals surface area contributed by atoms with Crippen molar-refractivity contribution in [2.24, 2.45) is 16.1 Å². The Morgan fingerprint density at radius 1 is 1.71 bits per heavy atom. The Morgan fingerprint density at radius 3 is 3.29 bits per heavy atom. The highest BCUT2D eigenvalue weighted by Gasteiger charge is 2.30. The van der Waals surface area contributed by atoms with Crippen molar-refractivity contribution in [3.05, 3.63) is 11.8 Å². The van der Waals surface area contributed by atoms with Crippen molar-refractivity contribution in [3.63, 3.8) is 0 Å². The SMILES string of the molecule is C1=C2CC2CN=N1. The van der Waals surface area contributed by atoms with Crippen LogP contribution in [-0.2, 0) is 0 Å². The first-order chi connectivity index (χ1) is 3.47. The normalized spacial score (nSPS) is 34.3. The van der Waals surface area contributed by atoms with E-state index in [2.05, 4.69) is 10.2 Å². The fraction of sp³-hybridized carbons (Fsp3) is 0.600. The largest absolute Gasteiger partial charge is 0.189 e. The van der Waals surface area contributed by atoms with Crippen LogP contribution in [0.1, 0.15) is 6.42 Å². The van der Waals surface area contributed by atoms with Gasteiger partial charge in [0.2, 0.25) is 0 Å². The van der Waals surface area contributed by atoms with Crippen molar-refractivity contribution < 1.29 is 0 Å². The van der Waals surface area contributed by atoms with E-state index >= 15 is 0 Å². The van der Waals surface area contributed by atoms with Gasteiger partial charge in [0.05, 0.1) is 6.54 Å². The minimum atomic E-state index is 0.803.